The van der Waals surface area contributed by atoms with Gasteiger partial charge in [0.15, 0.2) is 5.25 Å². The van der Waals surface area contributed by atoms with Gasteiger partial charge in [-0.15, -0.1) is 0 Å². The van der Waals surface area contributed by atoms with Crippen LogP contribution in [-0.2, 0) is 10.0 Å². The highest BCUT2D eigenvalue weighted by Gasteiger charge is 2.36. The predicted octanol–water partition coefficient (Wildman–Crippen LogP) is 1.74. The minimum Gasteiger partial charge on any atom is -0.211 e. The van der Waals surface area contributed by atoms with Crippen LogP contribution in [0.15, 0.2) is 0 Å². The molecular weight excluding hydrogens is 212 g/mol. The molecule has 0 aliphatic carbocycles. The Labute approximate surface area is 92.9 Å². The van der Waals surface area contributed by atoms with Crippen molar-refractivity contribution in [2.45, 2.75) is 51.3 Å². The molecule has 0 spiro atoms. The van der Waals surface area contributed by atoms with E-state index < -0.39 is 20.8 Å². The number of rotatable bonds is 5. The van der Waals surface area contributed by atoms with E-state index in [1.165, 1.54) is 4.31 Å². The van der Waals surface area contributed by atoms with Gasteiger partial charge in [-0.2, -0.15) is 9.57 Å². The van der Waals surface area contributed by atoms with Crippen molar-refractivity contribution in [2.24, 2.45) is 0 Å². The van der Waals surface area contributed by atoms with Gasteiger partial charge in [0, 0.05) is 12.6 Å². The van der Waals surface area contributed by atoms with E-state index in [-0.39, 0.29) is 0 Å². The topological polar surface area (TPSA) is 61.2 Å². The van der Waals surface area contributed by atoms with Gasteiger partial charge in [-0.1, -0.05) is 13.8 Å². The van der Waals surface area contributed by atoms with E-state index >= 15 is 0 Å². The third-order valence-corrected chi connectivity index (χ3v) is 5.39. The Kier molecular flexibility index (Phi) is 4.75. The van der Waals surface area contributed by atoms with Crippen LogP contribution in [0.2, 0.25) is 0 Å². The van der Waals surface area contributed by atoms with Crippen molar-refractivity contribution in [3.05, 3.63) is 0 Å². The van der Waals surface area contributed by atoms with E-state index in [0.717, 1.165) is 0 Å². The highest BCUT2D eigenvalue weighted by molar-refractivity contribution is 7.90. The van der Waals surface area contributed by atoms with Gasteiger partial charge in [0.05, 0.1) is 6.07 Å². The molecule has 0 aliphatic heterocycles. The normalized spacial score (nSPS) is 15.0. The summed E-state index contributed by atoms with van der Waals surface area (Å²) in [5, 5.41) is 7.86. The first-order chi connectivity index (χ1) is 6.73. The average Bonchev–Trinajstić information content (AvgIpc) is 2.18. The number of hydrogen-bond acceptors (Lipinski definition) is 3. The Hall–Kier alpha value is -0.600. The molecule has 0 rings (SSSR count). The van der Waals surface area contributed by atoms with Crippen molar-refractivity contribution in [2.75, 3.05) is 7.05 Å². The van der Waals surface area contributed by atoms with Crippen LogP contribution < -0.4 is 0 Å². The lowest BCUT2D eigenvalue weighted by Crippen LogP contribution is -2.47. The largest absolute Gasteiger partial charge is 0.230 e. The maximum atomic E-state index is 12.0. The summed E-state index contributed by atoms with van der Waals surface area (Å²) in [5.74, 6) is 0. The molecule has 0 aromatic rings. The van der Waals surface area contributed by atoms with Gasteiger partial charge in [0.1, 0.15) is 0 Å². The van der Waals surface area contributed by atoms with Crippen molar-refractivity contribution >= 4 is 10.0 Å². The molecule has 0 saturated carbocycles. The van der Waals surface area contributed by atoms with Gasteiger partial charge in [0.25, 0.3) is 0 Å². The van der Waals surface area contributed by atoms with Crippen molar-refractivity contribution in [3.8, 4) is 6.07 Å². The molecule has 4 nitrogen and oxygen atoms in total. The summed E-state index contributed by atoms with van der Waals surface area (Å²) < 4.78 is 25.3. The SMILES string of the molecule is CCC(C#N)S(=O)(=O)N(C)C(C)(C)CC. The predicted molar refractivity (Wildman–Crippen MR) is 60.7 cm³/mol. The molecule has 0 heterocycles. The van der Waals surface area contributed by atoms with Crippen LogP contribution >= 0.6 is 0 Å². The molecule has 88 valence electrons. The Morgan fingerprint density at radius 2 is 1.87 bits per heavy atom. The lowest BCUT2D eigenvalue weighted by molar-refractivity contribution is 0.255. The second kappa shape index (κ2) is 4.95. The minimum atomic E-state index is -3.50. The van der Waals surface area contributed by atoms with E-state index in [2.05, 4.69) is 0 Å². The zero-order valence-electron chi connectivity index (χ0n) is 10.1. The van der Waals surface area contributed by atoms with Crippen molar-refractivity contribution in [1.82, 2.24) is 4.31 Å². The standard InChI is InChI=1S/C10H20N2O2S/c1-6-9(8-11)15(13,14)12(5)10(3,4)7-2/h9H,6-7H2,1-5H3. The van der Waals surface area contributed by atoms with Gasteiger partial charge in [-0.25, -0.2) is 8.42 Å². The maximum absolute atomic E-state index is 12.0. The molecule has 0 aromatic heterocycles. The first-order valence-electron chi connectivity index (χ1n) is 5.11. The smallest absolute Gasteiger partial charge is 0.211 e. The van der Waals surface area contributed by atoms with E-state index in [9.17, 15) is 8.42 Å². The van der Waals surface area contributed by atoms with E-state index in [0.29, 0.717) is 12.8 Å². The zero-order chi connectivity index (χ0) is 12.3. The third-order valence-electron chi connectivity index (χ3n) is 2.97. The van der Waals surface area contributed by atoms with Crippen LogP contribution in [0.4, 0.5) is 0 Å². The molecule has 0 amide bonds. The Bertz CT molecular complexity index is 341. The molecule has 0 saturated heterocycles. The summed E-state index contributed by atoms with van der Waals surface area (Å²) in [4.78, 5) is 0. The fourth-order valence-electron chi connectivity index (χ4n) is 1.13. The number of sulfonamides is 1. The summed E-state index contributed by atoms with van der Waals surface area (Å²) in [5.41, 5.74) is -0.441. The Morgan fingerprint density at radius 3 is 2.13 bits per heavy atom. The van der Waals surface area contributed by atoms with E-state index in [1.54, 1.807) is 14.0 Å². The molecule has 5 heteroatoms. The molecule has 0 aromatic carbocycles. The fraction of sp³-hybridized carbons (Fsp3) is 0.900. The molecule has 15 heavy (non-hydrogen) atoms. The molecule has 0 aliphatic rings. The summed E-state index contributed by atoms with van der Waals surface area (Å²) in [6, 6.07) is 1.84. The van der Waals surface area contributed by atoms with Crippen LogP contribution in [0.5, 0.6) is 0 Å². The first-order valence-corrected chi connectivity index (χ1v) is 6.61. The highest BCUT2D eigenvalue weighted by atomic mass is 32.2. The molecule has 1 unspecified atom stereocenters. The van der Waals surface area contributed by atoms with Gasteiger partial charge in [0.2, 0.25) is 10.0 Å². The zero-order valence-corrected chi connectivity index (χ0v) is 10.9. The van der Waals surface area contributed by atoms with Crippen molar-refractivity contribution < 1.29 is 8.42 Å². The first kappa shape index (κ1) is 14.4. The Balaban J connectivity index is 5.16. The average molecular weight is 232 g/mol. The summed E-state index contributed by atoms with van der Waals surface area (Å²) >= 11 is 0. The van der Waals surface area contributed by atoms with E-state index in [4.69, 9.17) is 5.26 Å². The Morgan fingerprint density at radius 1 is 1.40 bits per heavy atom. The van der Waals surface area contributed by atoms with Crippen molar-refractivity contribution in [3.63, 3.8) is 0 Å². The quantitative estimate of drug-likeness (QED) is 0.725. The van der Waals surface area contributed by atoms with Crippen LogP contribution in [0.25, 0.3) is 0 Å². The molecule has 0 bridgehead atoms. The summed E-state index contributed by atoms with van der Waals surface area (Å²) in [6.07, 6.45) is 1.04. The number of nitrogens with zero attached hydrogens (tertiary/aromatic N) is 2. The van der Waals surface area contributed by atoms with Gasteiger partial charge < -0.3 is 0 Å². The second-order valence-corrected chi connectivity index (χ2v) is 6.35. The summed E-state index contributed by atoms with van der Waals surface area (Å²) in [6.45, 7) is 7.35. The second-order valence-electron chi connectivity index (χ2n) is 4.20. The van der Waals surface area contributed by atoms with Crippen molar-refractivity contribution in [1.29, 1.82) is 5.26 Å². The lowest BCUT2D eigenvalue weighted by Gasteiger charge is -2.34. The number of hydrogen-bond donors (Lipinski definition) is 0. The highest BCUT2D eigenvalue weighted by Crippen LogP contribution is 2.23. The molecule has 0 N–H and O–H groups in total. The van der Waals surface area contributed by atoms with Crippen LogP contribution in [-0.4, -0.2) is 30.6 Å². The van der Waals surface area contributed by atoms with Gasteiger partial charge in [-0.3, -0.25) is 0 Å². The fourth-order valence-corrected chi connectivity index (χ4v) is 2.88. The van der Waals surface area contributed by atoms with Gasteiger partial charge in [-0.05, 0) is 26.7 Å². The molecule has 1 atom stereocenters. The van der Waals surface area contributed by atoms with Crippen LogP contribution in [0.3, 0.4) is 0 Å². The summed E-state index contributed by atoms with van der Waals surface area (Å²) in [7, 11) is -1.96. The monoisotopic (exact) mass is 232 g/mol. The maximum Gasteiger partial charge on any atom is 0.230 e. The van der Waals surface area contributed by atoms with Crippen LogP contribution in [0, 0.1) is 11.3 Å². The lowest BCUT2D eigenvalue weighted by atomic mass is 10.0. The van der Waals surface area contributed by atoms with E-state index in [1.807, 2.05) is 26.8 Å². The van der Waals surface area contributed by atoms with Crippen LogP contribution in [0.1, 0.15) is 40.5 Å². The van der Waals surface area contributed by atoms with Gasteiger partial charge >= 0.3 is 0 Å². The minimum absolute atomic E-state index is 0.322. The number of nitriles is 1. The molecule has 0 fully saturated rings. The molecule has 0 radical (unpaired) electrons. The third kappa shape index (κ3) is 2.93. The molecular formula is C10H20N2O2S.